The number of likely N-dealkylation sites (tertiary alicyclic amines) is 1. The maximum atomic E-state index is 14.4. The van der Waals surface area contributed by atoms with Gasteiger partial charge in [-0.2, -0.15) is 0 Å². The Morgan fingerprint density at radius 3 is 2.28 bits per heavy atom. The predicted molar refractivity (Wildman–Crippen MR) is 242 cm³/mol. The van der Waals surface area contributed by atoms with Crippen LogP contribution in [0.1, 0.15) is 114 Å². The second-order valence-electron chi connectivity index (χ2n) is 20.8. The Morgan fingerprint density at radius 1 is 0.985 bits per heavy atom. The largest absolute Gasteiger partial charge is 0.459 e. The molecule has 2 unspecified atom stereocenters. The first kappa shape index (κ1) is 56.0. The van der Waals surface area contributed by atoms with Gasteiger partial charge in [0.1, 0.15) is 30.0 Å². The molecule has 4 aliphatic rings. The lowest BCUT2D eigenvalue weighted by atomic mass is 9.77. The molecule has 4 heterocycles. The van der Waals surface area contributed by atoms with E-state index in [0.29, 0.717) is 39.0 Å². The van der Waals surface area contributed by atoms with E-state index < -0.39 is 114 Å². The second kappa shape index (κ2) is 23.8. The number of methoxy groups -OCH3 is 1. The van der Waals surface area contributed by atoms with Gasteiger partial charge in [-0.25, -0.2) is 0 Å². The molecule has 0 aromatic heterocycles. The fourth-order valence-electron chi connectivity index (χ4n) is 10.8. The minimum absolute atomic E-state index is 0.0959. The van der Waals surface area contributed by atoms with Gasteiger partial charge in [0, 0.05) is 70.7 Å². The highest BCUT2D eigenvalue weighted by Gasteiger charge is 2.53. The van der Waals surface area contributed by atoms with E-state index in [1.807, 2.05) is 42.6 Å². The lowest BCUT2D eigenvalue weighted by Crippen LogP contribution is -2.61. The van der Waals surface area contributed by atoms with Gasteiger partial charge in [-0.05, 0) is 107 Å². The third-order valence-electron chi connectivity index (χ3n) is 14.9. The highest BCUT2D eigenvalue weighted by molar-refractivity contribution is 5.78. The summed E-state index contributed by atoms with van der Waals surface area (Å²) in [4.78, 5) is 32.0. The number of nitrogens with one attached hydrogen (secondary N) is 1. The summed E-state index contributed by atoms with van der Waals surface area (Å²) in [7, 11) is 5.16. The molecule has 4 aliphatic heterocycles. The summed E-state index contributed by atoms with van der Waals surface area (Å²) in [5, 5.41) is 73.6. The van der Waals surface area contributed by atoms with Crippen molar-refractivity contribution in [1.29, 1.82) is 0 Å². The van der Waals surface area contributed by atoms with E-state index in [2.05, 4.69) is 5.32 Å². The predicted octanol–water partition coefficient (Wildman–Crippen LogP) is 1.23. The van der Waals surface area contributed by atoms with Crippen LogP contribution in [0.3, 0.4) is 0 Å². The Hall–Kier alpha value is -1.62. The minimum Gasteiger partial charge on any atom is -0.459 e. The van der Waals surface area contributed by atoms with E-state index >= 15 is 0 Å². The van der Waals surface area contributed by atoms with E-state index in [0.717, 1.165) is 19.4 Å². The van der Waals surface area contributed by atoms with Crippen molar-refractivity contribution in [2.24, 2.45) is 17.8 Å². The van der Waals surface area contributed by atoms with E-state index in [-0.39, 0.29) is 37.6 Å². The molecular formula is C47H88N4O14. The quantitative estimate of drug-likeness (QED) is 0.0905. The Morgan fingerprint density at radius 2 is 1.66 bits per heavy atom. The third-order valence-corrected chi connectivity index (χ3v) is 14.9. The van der Waals surface area contributed by atoms with Crippen molar-refractivity contribution < 1.29 is 68.6 Å². The summed E-state index contributed by atoms with van der Waals surface area (Å²) < 4.78 is 38.0. The molecule has 0 spiro atoms. The first-order valence-electron chi connectivity index (χ1n) is 24.2. The zero-order valence-corrected chi connectivity index (χ0v) is 41.7. The van der Waals surface area contributed by atoms with Crippen molar-refractivity contribution >= 4 is 11.9 Å². The van der Waals surface area contributed by atoms with Crippen LogP contribution in [0, 0.1) is 17.8 Å². The summed E-state index contributed by atoms with van der Waals surface area (Å²) >= 11 is 0. The van der Waals surface area contributed by atoms with Crippen LogP contribution in [0.5, 0.6) is 0 Å². The monoisotopic (exact) mass is 933 g/mol. The van der Waals surface area contributed by atoms with Crippen LogP contribution in [-0.4, -0.2) is 214 Å². The van der Waals surface area contributed by atoms with E-state index in [1.54, 1.807) is 48.5 Å². The van der Waals surface area contributed by atoms with Crippen LogP contribution >= 0.6 is 0 Å². The fraction of sp³-hybridized carbons (Fsp3) is 0.957. The molecule has 0 bridgehead atoms. The van der Waals surface area contributed by atoms with Crippen molar-refractivity contribution in [1.82, 2.24) is 20.0 Å². The molecule has 18 heteroatoms. The highest BCUT2D eigenvalue weighted by atomic mass is 16.7. The number of cyclic esters (lactones) is 1. The molecule has 0 aromatic rings. The molecule has 0 radical (unpaired) electrons. The van der Waals surface area contributed by atoms with Gasteiger partial charge in [0.05, 0.1) is 47.6 Å². The van der Waals surface area contributed by atoms with Crippen LogP contribution in [-0.2, 0) is 38.0 Å². The second-order valence-corrected chi connectivity index (χ2v) is 20.8. The van der Waals surface area contributed by atoms with E-state index in [9.17, 15) is 40.2 Å². The number of amides is 1. The van der Waals surface area contributed by atoms with Crippen LogP contribution in [0.2, 0.25) is 0 Å². The molecular weight excluding hydrogens is 845 g/mol. The summed E-state index contributed by atoms with van der Waals surface area (Å²) in [6, 6.07) is -1.08. The number of ether oxygens (including phenoxy) is 6. The van der Waals surface area contributed by atoms with Gasteiger partial charge in [-0.3, -0.25) is 14.5 Å². The van der Waals surface area contributed by atoms with Gasteiger partial charge in [0.15, 0.2) is 12.6 Å². The van der Waals surface area contributed by atoms with Crippen molar-refractivity contribution in [2.45, 2.75) is 211 Å². The Balaban J connectivity index is 1.65. The number of hydrogen-bond acceptors (Lipinski definition) is 17. The number of aliphatic hydroxyl groups excluding tert-OH is 4. The molecule has 380 valence electrons. The Kier molecular flexibility index (Phi) is 20.5. The van der Waals surface area contributed by atoms with E-state index in [1.165, 1.54) is 14.0 Å². The van der Waals surface area contributed by atoms with Crippen molar-refractivity contribution in [3.8, 4) is 0 Å². The molecule has 18 nitrogen and oxygen atoms in total. The van der Waals surface area contributed by atoms with Crippen LogP contribution in [0.25, 0.3) is 0 Å². The first-order valence-corrected chi connectivity index (χ1v) is 24.2. The number of nitrogens with zero attached hydrogens (tertiary/aromatic N) is 3. The molecule has 4 saturated heterocycles. The molecule has 1 amide bonds. The number of rotatable bonds is 15. The van der Waals surface area contributed by atoms with Crippen LogP contribution in [0.15, 0.2) is 0 Å². The summed E-state index contributed by atoms with van der Waals surface area (Å²) in [5.74, 6) is -2.62. The van der Waals surface area contributed by atoms with Crippen LogP contribution < -0.4 is 5.32 Å². The Bertz CT molecular complexity index is 1500. The zero-order chi connectivity index (χ0) is 48.8. The topological polar surface area (TPSA) is 233 Å². The molecule has 0 aromatic carbocycles. The standard InChI is InChI=1S/C47H88N4O14/c1-14-35-47(10,59)40(55)31(6)49(11)25-27(2)22-45(8,58)42(29(4)39(30(5)43(57)63-35)64-37-23-46(9,60-13)41(56)32(7)62-37)65-44-38(54)34(21-28(3)61-44)50(12)26-33(52)24-48-18-16-20-51-19-15-17-36(51)53/h27-35,37-42,44,48,52,54-56,58-59H,14-26H2,1-13H3/t27-,28-,29+,30-,31-,32+,33?,34?,35-,37+,38-,39+,40-,41+,42-,44+,45-,46-,47-/m1/s1. The Labute approximate surface area is 388 Å². The highest BCUT2D eigenvalue weighted by Crippen LogP contribution is 2.40. The number of carbonyl (C=O) groups excluding carboxylic acids is 2. The van der Waals surface area contributed by atoms with Crippen LogP contribution in [0.4, 0.5) is 0 Å². The normalized spacial score (nSPS) is 43.9. The maximum absolute atomic E-state index is 14.4. The summed E-state index contributed by atoms with van der Waals surface area (Å²) in [5.41, 5.74) is -4.54. The number of aliphatic hydroxyl groups is 6. The van der Waals surface area contributed by atoms with Gasteiger partial charge in [-0.15, -0.1) is 0 Å². The molecule has 4 rings (SSSR count). The van der Waals surface area contributed by atoms with Crippen molar-refractivity contribution in [2.75, 3.05) is 60.5 Å². The average molecular weight is 933 g/mol. The molecule has 65 heavy (non-hydrogen) atoms. The number of esters is 1. The SMILES string of the molecule is CC[C@H]1OC(=O)[C@H](C)[C@@H](O[C@H]2C[C@@](C)(OC)[C@@H](O)[C@H](C)O2)[C@H](C)[C@@H](O[C@@H]2O[C@H](C)CC(N(C)CC(O)CNCCCN3CCCC3=O)[C@H]2O)[C@](C)(O)C[C@@H](C)CN(C)[C@H](C)[C@@H](O)[C@]1(C)O. The van der Waals surface area contributed by atoms with Gasteiger partial charge in [0.2, 0.25) is 5.91 Å². The molecule has 4 fully saturated rings. The molecule has 7 N–H and O–H groups in total. The number of carbonyl (C=O) groups is 2. The van der Waals surface area contributed by atoms with Crippen molar-refractivity contribution in [3.05, 3.63) is 0 Å². The molecule has 19 atom stereocenters. The zero-order valence-electron chi connectivity index (χ0n) is 41.7. The first-order chi connectivity index (χ1) is 30.3. The van der Waals surface area contributed by atoms with Crippen molar-refractivity contribution in [3.63, 3.8) is 0 Å². The number of likely N-dealkylation sites (N-methyl/N-ethyl adjacent to an activating group) is 2. The third kappa shape index (κ3) is 14.0. The smallest absolute Gasteiger partial charge is 0.311 e. The minimum atomic E-state index is -1.84. The molecule has 0 saturated carbocycles. The molecule has 0 aliphatic carbocycles. The maximum Gasteiger partial charge on any atom is 0.311 e. The van der Waals surface area contributed by atoms with E-state index in [4.69, 9.17) is 28.4 Å². The van der Waals surface area contributed by atoms with Gasteiger partial charge in [-0.1, -0.05) is 20.8 Å². The number of hydrogen-bond donors (Lipinski definition) is 7. The lowest BCUT2D eigenvalue weighted by Gasteiger charge is -2.49. The van der Waals surface area contributed by atoms with Gasteiger partial charge >= 0.3 is 5.97 Å². The summed E-state index contributed by atoms with van der Waals surface area (Å²) in [6.07, 6.45) is -7.75. The van der Waals surface area contributed by atoms with Gasteiger partial charge in [0.25, 0.3) is 0 Å². The fourth-order valence-corrected chi connectivity index (χ4v) is 10.8. The summed E-state index contributed by atoms with van der Waals surface area (Å²) in [6.45, 7) is 20.5. The van der Waals surface area contributed by atoms with Gasteiger partial charge < -0.3 is 74.2 Å². The average Bonchev–Trinajstić information content (AvgIpc) is 3.65. The lowest BCUT2D eigenvalue weighted by molar-refractivity contribution is -0.318.